The number of aryl methyl sites for hydroxylation is 1. The van der Waals surface area contributed by atoms with E-state index in [9.17, 15) is 0 Å². The van der Waals surface area contributed by atoms with E-state index in [0.29, 0.717) is 0 Å². The number of halogens is 1. The van der Waals surface area contributed by atoms with Gasteiger partial charge in [-0.2, -0.15) is 0 Å². The van der Waals surface area contributed by atoms with Gasteiger partial charge in [0.05, 0.1) is 15.6 Å². The maximum absolute atomic E-state index is 5.98. The molecule has 0 aliphatic rings. The van der Waals surface area contributed by atoms with E-state index in [0.717, 1.165) is 21.4 Å². The average Bonchev–Trinajstić information content (AvgIpc) is 2.51. The third-order valence-corrected chi connectivity index (χ3v) is 2.99. The molecule has 0 atom stereocenters. The Balaban J connectivity index is 2.53. The van der Waals surface area contributed by atoms with Gasteiger partial charge in [0, 0.05) is 6.20 Å². The predicted octanol–water partition coefficient (Wildman–Crippen LogP) is 3.17. The Labute approximate surface area is 85.2 Å². The summed E-state index contributed by atoms with van der Waals surface area (Å²) in [5.41, 5.74) is 0.896. The first kappa shape index (κ1) is 8.66. The van der Waals surface area contributed by atoms with Crippen molar-refractivity contribution in [3.63, 3.8) is 0 Å². The highest BCUT2D eigenvalue weighted by molar-refractivity contribution is 7.14. The van der Waals surface area contributed by atoms with Crippen LogP contribution in [0.4, 0.5) is 0 Å². The number of rotatable bonds is 1. The lowest BCUT2D eigenvalue weighted by Gasteiger charge is -1.97. The lowest BCUT2D eigenvalue weighted by Crippen LogP contribution is -1.87. The van der Waals surface area contributed by atoms with Gasteiger partial charge in [-0.25, -0.2) is 9.97 Å². The molecule has 0 N–H and O–H groups in total. The van der Waals surface area contributed by atoms with Crippen molar-refractivity contribution < 1.29 is 0 Å². The Morgan fingerprint density at radius 3 is 2.85 bits per heavy atom. The van der Waals surface area contributed by atoms with Crippen molar-refractivity contribution >= 4 is 22.9 Å². The third kappa shape index (κ3) is 1.71. The van der Waals surface area contributed by atoms with E-state index in [1.165, 1.54) is 0 Å². The van der Waals surface area contributed by atoms with Crippen LogP contribution in [0.25, 0.3) is 10.6 Å². The van der Waals surface area contributed by atoms with Crippen molar-refractivity contribution in [2.24, 2.45) is 0 Å². The fourth-order valence-corrected chi connectivity index (χ4v) is 2.18. The Hall–Kier alpha value is -0.930. The van der Waals surface area contributed by atoms with Gasteiger partial charge in [0.1, 0.15) is 5.82 Å². The summed E-state index contributed by atoms with van der Waals surface area (Å²) in [6.45, 7) is 1.87. The summed E-state index contributed by atoms with van der Waals surface area (Å²) in [5.74, 6) is 0.766. The number of nitrogens with zero attached hydrogens (tertiary/aromatic N) is 2. The van der Waals surface area contributed by atoms with Crippen LogP contribution in [-0.2, 0) is 0 Å². The maximum Gasteiger partial charge on any atom is 0.125 e. The number of hydrogen-bond donors (Lipinski definition) is 0. The second-order valence-corrected chi connectivity index (χ2v) is 3.91. The molecule has 0 aliphatic heterocycles. The average molecular weight is 211 g/mol. The molecule has 2 rings (SSSR count). The van der Waals surface area contributed by atoms with Gasteiger partial charge in [0.2, 0.25) is 0 Å². The molecule has 0 unspecified atom stereocenters. The number of aromatic nitrogens is 2. The lowest BCUT2D eigenvalue weighted by atomic mass is 10.3. The van der Waals surface area contributed by atoms with E-state index in [2.05, 4.69) is 9.97 Å². The van der Waals surface area contributed by atoms with Crippen LogP contribution in [0.15, 0.2) is 23.7 Å². The molecule has 0 aliphatic carbocycles. The van der Waals surface area contributed by atoms with Gasteiger partial charge in [0.25, 0.3) is 0 Å². The molecule has 0 fully saturated rings. The summed E-state index contributed by atoms with van der Waals surface area (Å²) in [7, 11) is 0. The first-order valence-corrected chi connectivity index (χ1v) is 5.06. The van der Waals surface area contributed by atoms with Crippen molar-refractivity contribution in [2.45, 2.75) is 6.92 Å². The van der Waals surface area contributed by atoms with E-state index in [-0.39, 0.29) is 0 Å². The van der Waals surface area contributed by atoms with Crippen LogP contribution in [0.2, 0.25) is 5.02 Å². The summed E-state index contributed by atoms with van der Waals surface area (Å²) < 4.78 is 0. The quantitative estimate of drug-likeness (QED) is 0.723. The molecular formula is C9H7ClN2S. The summed E-state index contributed by atoms with van der Waals surface area (Å²) in [4.78, 5) is 9.33. The highest BCUT2D eigenvalue weighted by atomic mass is 35.5. The topological polar surface area (TPSA) is 25.8 Å². The van der Waals surface area contributed by atoms with Crippen LogP contribution in [-0.4, -0.2) is 9.97 Å². The molecule has 13 heavy (non-hydrogen) atoms. The fourth-order valence-electron chi connectivity index (χ4n) is 1.06. The molecule has 4 heteroatoms. The van der Waals surface area contributed by atoms with Gasteiger partial charge in [-0.15, -0.1) is 11.3 Å². The minimum atomic E-state index is 0.753. The summed E-state index contributed by atoms with van der Waals surface area (Å²) in [6, 6.07) is 3.74. The van der Waals surface area contributed by atoms with Gasteiger partial charge >= 0.3 is 0 Å². The maximum atomic E-state index is 5.98. The summed E-state index contributed by atoms with van der Waals surface area (Å²) in [5, 5.41) is 2.71. The van der Waals surface area contributed by atoms with Crippen LogP contribution >= 0.6 is 22.9 Å². The fraction of sp³-hybridized carbons (Fsp3) is 0.111. The van der Waals surface area contributed by atoms with Crippen molar-refractivity contribution in [3.8, 4) is 10.6 Å². The molecular weight excluding hydrogens is 204 g/mol. The summed E-state index contributed by atoms with van der Waals surface area (Å²) >= 11 is 7.57. The van der Waals surface area contributed by atoms with Crippen LogP contribution in [0.1, 0.15) is 5.82 Å². The monoisotopic (exact) mass is 210 g/mol. The standard InChI is InChI=1S/C9H7ClN2S/c1-6-11-4-2-8(12-6)9-7(10)3-5-13-9/h2-5H,1H3. The molecule has 2 heterocycles. The Kier molecular flexibility index (Phi) is 2.29. The molecule has 0 radical (unpaired) electrons. The molecule has 0 spiro atoms. The van der Waals surface area contributed by atoms with Gasteiger partial charge in [0.15, 0.2) is 0 Å². The SMILES string of the molecule is Cc1nccc(-c2sccc2Cl)n1. The van der Waals surface area contributed by atoms with Crippen LogP contribution in [0.3, 0.4) is 0 Å². The predicted molar refractivity (Wildman–Crippen MR) is 55.1 cm³/mol. The molecule has 0 aromatic carbocycles. The molecule has 0 saturated carbocycles. The van der Waals surface area contributed by atoms with E-state index in [1.807, 2.05) is 24.4 Å². The molecule has 0 saturated heterocycles. The van der Waals surface area contributed by atoms with Crippen LogP contribution < -0.4 is 0 Å². The van der Waals surface area contributed by atoms with Gasteiger partial charge in [-0.05, 0) is 24.4 Å². The highest BCUT2D eigenvalue weighted by Crippen LogP contribution is 2.31. The first-order valence-electron chi connectivity index (χ1n) is 3.80. The van der Waals surface area contributed by atoms with Gasteiger partial charge < -0.3 is 0 Å². The van der Waals surface area contributed by atoms with Crippen molar-refractivity contribution in [1.82, 2.24) is 9.97 Å². The molecule has 2 aromatic heterocycles. The lowest BCUT2D eigenvalue weighted by molar-refractivity contribution is 1.06. The van der Waals surface area contributed by atoms with Gasteiger partial charge in [-0.1, -0.05) is 11.6 Å². The van der Waals surface area contributed by atoms with Crippen LogP contribution in [0.5, 0.6) is 0 Å². The molecule has 2 aromatic rings. The number of thiophene rings is 1. The zero-order chi connectivity index (χ0) is 9.26. The Bertz CT molecular complexity index is 425. The van der Waals surface area contributed by atoms with E-state index in [4.69, 9.17) is 11.6 Å². The summed E-state index contributed by atoms with van der Waals surface area (Å²) in [6.07, 6.45) is 1.74. The zero-order valence-electron chi connectivity index (χ0n) is 6.99. The molecule has 0 amide bonds. The third-order valence-electron chi connectivity index (χ3n) is 1.63. The van der Waals surface area contributed by atoms with E-state index in [1.54, 1.807) is 17.5 Å². The van der Waals surface area contributed by atoms with E-state index < -0.39 is 0 Å². The van der Waals surface area contributed by atoms with Crippen molar-refractivity contribution in [2.75, 3.05) is 0 Å². The largest absolute Gasteiger partial charge is 0.242 e. The second-order valence-electron chi connectivity index (χ2n) is 2.59. The highest BCUT2D eigenvalue weighted by Gasteiger charge is 2.05. The molecule has 66 valence electrons. The van der Waals surface area contributed by atoms with Crippen molar-refractivity contribution in [3.05, 3.63) is 34.6 Å². The van der Waals surface area contributed by atoms with Crippen molar-refractivity contribution in [1.29, 1.82) is 0 Å². The van der Waals surface area contributed by atoms with Gasteiger partial charge in [-0.3, -0.25) is 0 Å². The minimum absolute atomic E-state index is 0.753. The van der Waals surface area contributed by atoms with E-state index >= 15 is 0 Å². The Morgan fingerprint density at radius 2 is 2.23 bits per heavy atom. The normalized spacial score (nSPS) is 10.3. The smallest absolute Gasteiger partial charge is 0.125 e. The van der Waals surface area contributed by atoms with Crippen LogP contribution in [0, 0.1) is 6.92 Å². The minimum Gasteiger partial charge on any atom is -0.242 e. The number of hydrogen-bond acceptors (Lipinski definition) is 3. The first-order chi connectivity index (χ1) is 6.27. The Morgan fingerprint density at radius 1 is 1.38 bits per heavy atom. The second kappa shape index (κ2) is 3.44. The molecule has 0 bridgehead atoms. The zero-order valence-corrected chi connectivity index (χ0v) is 8.56. The molecule has 2 nitrogen and oxygen atoms in total.